The lowest BCUT2D eigenvalue weighted by Gasteiger charge is -2.48. The lowest BCUT2D eigenvalue weighted by molar-refractivity contribution is -0.126. The lowest BCUT2D eigenvalue weighted by Crippen LogP contribution is -2.59. The van der Waals surface area contributed by atoms with E-state index >= 15 is 0 Å². The Kier molecular flexibility index (Phi) is 8.68. The van der Waals surface area contributed by atoms with Crippen LogP contribution in [0.25, 0.3) is 0 Å². The third-order valence-corrected chi connectivity index (χ3v) is 8.83. The van der Waals surface area contributed by atoms with E-state index < -0.39 is 5.54 Å². The first-order valence-corrected chi connectivity index (χ1v) is 14.6. The molecule has 1 amide bonds. The summed E-state index contributed by atoms with van der Waals surface area (Å²) in [5, 5.41) is 13.2. The minimum Gasteiger partial charge on any atom is -0.497 e. The van der Waals surface area contributed by atoms with Crippen LogP contribution in [0.4, 0.5) is 5.69 Å². The summed E-state index contributed by atoms with van der Waals surface area (Å²) >= 11 is 10.1. The molecule has 0 N–H and O–H groups in total. The topological polar surface area (TPSA) is 69.9 Å². The Morgan fingerprint density at radius 2 is 1.85 bits per heavy atom. The van der Waals surface area contributed by atoms with E-state index in [1.165, 1.54) is 5.56 Å². The van der Waals surface area contributed by atoms with Gasteiger partial charge in [0.15, 0.2) is 0 Å². The maximum absolute atomic E-state index is 14.5. The normalized spacial score (nSPS) is 24.3. The van der Waals surface area contributed by atoms with E-state index in [9.17, 15) is 4.79 Å². The molecular weight excluding hydrogens is 590 g/mol. The summed E-state index contributed by atoms with van der Waals surface area (Å²) in [6, 6.07) is 23.9. The average Bonchev–Trinajstić information content (AvgIpc) is 3.42. The molecule has 2 heterocycles. The first-order chi connectivity index (χ1) is 19.3. The van der Waals surface area contributed by atoms with Crippen molar-refractivity contribution in [3.05, 3.63) is 93.4 Å². The van der Waals surface area contributed by atoms with Crippen molar-refractivity contribution < 1.29 is 9.53 Å². The minimum absolute atomic E-state index is 0.0500. The van der Waals surface area contributed by atoms with E-state index in [1.54, 1.807) is 7.11 Å². The van der Waals surface area contributed by atoms with Crippen LogP contribution >= 0.6 is 27.5 Å². The van der Waals surface area contributed by atoms with Gasteiger partial charge in [-0.25, -0.2) is 0 Å². The summed E-state index contributed by atoms with van der Waals surface area (Å²) in [5.41, 5.74) is 2.36. The summed E-state index contributed by atoms with van der Waals surface area (Å²) in [7, 11) is 1.64. The molecule has 1 fully saturated rings. The number of likely N-dealkylation sites (tertiary alicyclic amines) is 1. The molecule has 4 unspecified atom stereocenters. The largest absolute Gasteiger partial charge is 0.497 e. The Morgan fingerprint density at radius 1 is 1.10 bits per heavy atom. The van der Waals surface area contributed by atoms with Crippen LogP contribution in [0.3, 0.4) is 0 Å². The molecule has 2 aliphatic heterocycles. The second-order valence-corrected chi connectivity index (χ2v) is 12.0. The number of amides is 1. The Labute approximate surface area is 249 Å². The van der Waals surface area contributed by atoms with E-state index in [1.807, 2.05) is 59.6 Å². The number of piperidine rings is 1. The zero-order chi connectivity index (χ0) is 28.3. The molecule has 0 saturated carbocycles. The molecule has 0 bridgehead atoms. The van der Waals surface area contributed by atoms with Crippen molar-refractivity contribution >= 4 is 45.3 Å². The molecule has 40 heavy (non-hydrogen) atoms. The van der Waals surface area contributed by atoms with Crippen molar-refractivity contribution in [3.8, 4) is 5.75 Å². The van der Waals surface area contributed by atoms with Crippen LogP contribution in [0.1, 0.15) is 37.8 Å². The van der Waals surface area contributed by atoms with Crippen molar-refractivity contribution in [2.24, 2.45) is 21.4 Å². The molecule has 2 aliphatic rings. The first kappa shape index (κ1) is 28.5. The highest BCUT2D eigenvalue weighted by Gasteiger charge is 2.47. The molecule has 9 heteroatoms. The minimum atomic E-state index is -0.612. The number of rotatable bonds is 8. The Bertz CT molecular complexity index is 1390. The smallest absolute Gasteiger partial charge is 0.230 e. The molecular formula is C31H33BrClN5O2. The van der Waals surface area contributed by atoms with E-state index in [0.717, 1.165) is 34.4 Å². The number of carbonyl (C=O) groups excluding carboxylic acids is 1. The van der Waals surface area contributed by atoms with Crippen molar-refractivity contribution in [3.63, 3.8) is 0 Å². The highest BCUT2D eigenvalue weighted by atomic mass is 79.9. The van der Waals surface area contributed by atoms with Gasteiger partial charge in [-0.2, -0.15) is 5.11 Å². The molecule has 3 aromatic carbocycles. The molecule has 208 valence electrons. The fraction of sp³-hybridized carbons (Fsp3) is 0.355. The predicted octanol–water partition coefficient (Wildman–Crippen LogP) is 7.52. The third kappa shape index (κ3) is 6.14. The number of hydrogen-bond acceptors (Lipinski definition) is 6. The predicted molar refractivity (Wildman–Crippen MR) is 163 cm³/mol. The zero-order valence-electron chi connectivity index (χ0n) is 22.9. The highest BCUT2D eigenvalue weighted by molar-refractivity contribution is 9.10. The number of hydrogen-bond donors (Lipinski definition) is 0. The Hall–Kier alpha value is -3.07. The quantitative estimate of drug-likeness (QED) is 0.261. The van der Waals surface area contributed by atoms with Gasteiger partial charge in [-0.15, -0.1) is 5.10 Å². The van der Waals surface area contributed by atoms with Gasteiger partial charge in [0.05, 0.1) is 25.6 Å². The van der Waals surface area contributed by atoms with Crippen molar-refractivity contribution in [1.82, 2.24) is 4.90 Å². The molecule has 0 aromatic heterocycles. The number of ether oxygens (including phenoxy) is 1. The average molecular weight is 623 g/mol. The van der Waals surface area contributed by atoms with Gasteiger partial charge in [0, 0.05) is 34.0 Å². The zero-order valence-corrected chi connectivity index (χ0v) is 25.2. The number of anilines is 1. The van der Waals surface area contributed by atoms with Gasteiger partial charge in [0.2, 0.25) is 5.91 Å². The summed E-state index contributed by atoms with van der Waals surface area (Å²) < 4.78 is 6.15. The maximum Gasteiger partial charge on any atom is 0.230 e. The molecule has 4 atom stereocenters. The molecule has 5 rings (SSSR count). The third-order valence-electron chi connectivity index (χ3n) is 7.93. The van der Waals surface area contributed by atoms with Crippen LogP contribution < -0.4 is 9.64 Å². The van der Waals surface area contributed by atoms with Crippen LogP contribution in [-0.4, -0.2) is 41.8 Å². The standard InChI is InChI=1S/C31H33BrClN5O2/c1-21-15-24(16-29(31(2)20-34-36-35-31)37(21)18-22-7-5-4-6-8-22)30(39)38(28-17-25(33)11-14-27(28)32)19-23-9-12-26(40-3)13-10-23/h4-14,17,20-21,24,29H,15-16,18-19H2,1-3H3. The van der Waals surface area contributed by atoms with Crippen molar-refractivity contribution in [2.45, 2.75) is 57.4 Å². The Balaban J connectivity index is 1.47. The number of carbonyl (C=O) groups is 1. The fourth-order valence-corrected chi connectivity index (χ4v) is 6.37. The summed E-state index contributed by atoms with van der Waals surface area (Å²) in [6.07, 6.45) is 3.18. The van der Waals surface area contributed by atoms with E-state index in [0.29, 0.717) is 18.0 Å². The lowest BCUT2D eigenvalue weighted by atomic mass is 9.77. The monoisotopic (exact) mass is 621 g/mol. The van der Waals surface area contributed by atoms with Crippen LogP contribution in [0, 0.1) is 5.92 Å². The molecule has 3 aromatic rings. The SMILES string of the molecule is COc1ccc(CN(C(=O)C2CC(C)N(Cc3ccccc3)C(C3(C)C=NN=N3)C2)c2cc(Cl)ccc2Br)cc1. The number of halogens is 2. The summed E-state index contributed by atoms with van der Waals surface area (Å²) in [6.45, 7) is 5.43. The second kappa shape index (κ2) is 12.2. The number of benzene rings is 3. The molecule has 0 radical (unpaired) electrons. The van der Waals surface area contributed by atoms with E-state index in [-0.39, 0.29) is 23.9 Å². The molecule has 0 spiro atoms. The summed E-state index contributed by atoms with van der Waals surface area (Å²) in [5.74, 6) is 0.608. The van der Waals surface area contributed by atoms with Crippen LogP contribution in [-0.2, 0) is 17.9 Å². The van der Waals surface area contributed by atoms with Gasteiger partial charge < -0.3 is 9.64 Å². The van der Waals surface area contributed by atoms with E-state index in [4.69, 9.17) is 16.3 Å². The molecule has 0 aliphatic carbocycles. The van der Waals surface area contributed by atoms with Gasteiger partial charge in [0.1, 0.15) is 11.3 Å². The fourth-order valence-electron chi connectivity index (χ4n) is 5.74. The second-order valence-electron chi connectivity index (χ2n) is 10.7. The highest BCUT2D eigenvalue weighted by Crippen LogP contribution is 2.40. The van der Waals surface area contributed by atoms with Gasteiger partial charge in [-0.3, -0.25) is 9.69 Å². The van der Waals surface area contributed by atoms with Crippen LogP contribution in [0.5, 0.6) is 5.75 Å². The Morgan fingerprint density at radius 3 is 2.52 bits per heavy atom. The molecule has 7 nitrogen and oxygen atoms in total. The van der Waals surface area contributed by atoms with Crippen LogP contribution in [0.2, 0.25) is 5.02 Å². The number of methoxy groups -OCH3 is 1. The van der Waals surface area contributed by atoms with E-state index in [2.05, 4.69) is 74.4 Å². The van der Waals surface area contributed by atoms with Crippen LogP contribution in [0.15, 0.2) is 92.7 Å². The van der Waals surface area contributed by atoms with Crippen molar-refractivity contribution in [1.29, 1.82) is 0 Å². The van der Waals surface area contributed by atoms with Gasteiger partial charge in [-0.05, 0) is 89.3 Å². The molecule has 1 saturated heterocycles. The van der Waals surface area contributed by atoms with Crippen molar-refractivity contribution in [2.75, 3.05) is 12.0 Å². The van der Waals surface area contributed by atoms with Gasteiger partial charge in [0.25, 0.3) is 0 Å². The maximum atomic E-state index is 14.5. The van der Waals surface area contributed by atoms with Gasteiger partial charge >= 0.3 is 0 Å². The first-order valence-electron chi connectivity index (χ1n) is 13.4. The van der Waals surface area contributed by atoms with Gasteiger partial charge in [-0.1, -0.05) is 54.1 Å². The number of nitrogens with zero attached hydrogens (tertiary/aromatic N) is 5. The summed E-state index contributed by atoms with van der Waals surface area (Å²) in [4.78, 5) is 18.8.